The van der Waals surface area contributed by atoms with E-state index in [9.17, 15) is 22.9 Å². The monoisotopic (exact) mass is 516 g/mol. The number of carbonyl (C=O) groups is 1. The molecule has 12 heteroatoms. The zero-order valence-corrected chi connectivity index (χ0v) is 20.5. The number of benzene rings is 2. The normalized spacial score (nSPS) is 11.5. The lowest BCUT2D eigenvalue weighted by Crippen LogP contribution is -2.13. The van der Waals surface area contributed by atoms with Gasteiger partial charge < -0.3 is 9.47 Å². The van der Waals surface area contributed by atoms with E-state index < -0.39 is 15.7 Å². The quantitative estimate of drug-likeness (QED) is 0.316. The molecule has 0 saturated carbocycles. The fourth-order valence-corrected chi connectivity index (χ4v) is 4.32. The maximum atomic E-state index is 13.1. The number of sulfone groups is 1. The number of aromatic nitrogens is 2. The molecule has 9 nitrogen and oxygen atoms in total. The number of nitriles is 1. The number of ether oxygens (including phenoxy) is 2. The van der Waals surface area contributed by atoms with Crippen molar-refractivity contribution in [2.24, 2.45) is 0 Å². The molecule has 0 unspecified atom stereocenters. The summed E-state index contributed by atoms with van der Waals surface area (Å²) < 4.78 is 52.0. The van der Waals surface area contributed by atoms with Gasteiger partial charge in [-0.3, -0.25) is 10.1 Å². The molecule has 35 heavy (non-hydrogen) atoms. The van der Waals surface area contributed by atoms with Crippen molar-refractivity contribution in [2.75, 3.05) is 17.7 Å². The van der Waals surface area contributed by atoms with Crippen LogP contribution >= 0.6 is 11.5 Å². The molecule has 2 aromatic carbocycles. The summed E-state index contributed by atoms with van der Waals surface area (Å²) in [6, 6.07) is 12.6. The second-order valence-electron chi connectivity index (χ2n) is 6.96. The van der Waals surface area contributed by atoms with Crippen molar-refractivity contribution in [1.82, 2.24) is 9.36 Å². The van der Waals surface area contributed by atoms with E-state index in [0.717, 1.165) is 5.56 Å². The van der Waals surface area contributed by atoms with E-state index in [2.05, 4.69) is 14.7 Å². The summed E-state index contributed by atoms with van der Waals surface area (Å²) in [5.41, 5.74) is 1.04. The number of halogens is 1. The summed E-state index contributed by atoms with van der Waals surface area (Å²) >= 11 is 0.703. The van der Waals surface area contributed by atoms with Gasteiger partial charge in [-0.1, -0.05) is 25.1 Å². The van der Waals surface area contributed by atoms with Crippen LogP contribution in [0.5, 0.6) is 11.5 Å². The Morgan fingerprint density at radius 2 is 1.91 bits per heavy atom. The van der Waals surface area contributed by atoms with Gasteiger partial charge in [0.2, 0.25) is 15.0 Å². The number of nitrogens with one attached hydrogen (secondary N) is 1. The Balaban J connectivity index is 1.76. The van der Waals surface area contributed by atoms with Crippen molar-refractivity contribution in [1.29, 1.82) is 5.26 Å². The molecule has 1 amide bonds. The predicted octanol–water partition coefficient (Wildman–Crippen LogP) is 3.99. The highest BCUT2D eigenvalue weighted by Gasteiger charge is 2.20. The van der Waals surface area contributed by atoms with Gasteiger partial charge in [-0.05, 0) is 48.4 Å². The lowest BCUT2D eigenvalue weighted by Gasteiger charge is -2.13. The summed E-state index contributed by atoms with van der Waals surface area (Å²) in [6.45, 7) is 3.81. The van der Waals surface area contributed by atoms with Crippen LogP contribution in [0.4, 0.5) is 9.52 Å². The summed E-state index contributed by atoms with van der Waals surface area (Å²) in [4.78, 5) is 16.4. The number of anilines is 1. The Kier molecular flexibility index (Phi) is 8.51. The van der Waals surface area contributed by atoms with Crippen LogP contribution in [0.15, 0.2) is 53.2 Å². The summed E-state index contributed by atoms with van der Waals surface area (Å²) in [5.74, 6) is -0.436. The van der Waals surface area contributed by atoms with Crippen LogP contribution < -0.4 is 14.8 Å². The van der Waals surface area contributed by atoms with E-state index in [-0.39, 0.29) is 34.0 Å². The molecule has 0 aliphatic heterocycles. The van der Waals surface area contributed by atoms with E-state index in [4.69, 9.17) is 9.47 Å². The molecular formula is C23H21FN4O5S2. The minimum absolute atomic E-state index is 0.0391. The van der Waals surface area contributed by atoms with Crippen molar-refractivity contribution in [3.8, 4) is 17.6 Å². The van der Waals surface area contributed by atoms with Crippen LogP contribution in [-0.4, -0.2) is 36.0 Å². The number of hydrogen-bond acceptors (Lipinski definition) is 9. The lowest BCUT2D eigenvalue weighted by molar-refractivity contribution is -0.112. The maximum absolute atomic E-state index is 13.1. The van der Waals surface area contributed by atoms with E-state index in [0.29, 0.717) is 35.2 Å². The Morgan fingerprint density at radius 1 is 1.17 bits per heavy atom. The zero-order chi connectivity index (χ0) is 25.4. The molecule has 0 aliphatic rings. The van der Waals surface area contributed by atoms with Crippen LogP contribution in [0.2, 0.25) is 0 Å². The Labute approximate surface area is 205 Å². The molecule has 0 radical (unpaired) electrons. The molecular weight excluding hydrogens is 495 g/mol. The van der Waals surface area contributed by atoms with Gasteiger partial charge in [0.1, 0.15) is 24.1 Å². The molecule has 0 spiro atoms. The van der Waals surface area contributed by atoms with E-state index in [1.807, 2.05) is 6.07 Å². The average Bonchev–Trinajstić information content (AvgIpc) is 3.32. The zero-order valence-electron chi connectivity index (χ0n) is 18.8. The lowest BCUT2D eigenvalue weighted by atomic mass is 10.1. The van der Waals surface area contributed by atoms with Crippen LogP contribution in [0, 0.1) is 17.1 Å². The molecule has 0 fully saturated rings. The van der Waals surface area contributed by atoms with Crippen molar-refractivity contribution >= 4 is 38.5 Å². The second kappa shape index (κ2) is 11.5. The van der Waals surface area contributed by atoms with E-state index >= 15 is 0 Å². The number of amides is 1. The van der Waals surface area contributed by atoms with E-state index in [1.54, 1.807) is 37.3 Å². The molecule has 182 valence electrons. The van der Waals surface area contributed by atoms with Crippen LogP contribution in [0.1, 0.15) is 25.0 Å². The third-order valence-electron chi connectivity index (χ3n) is 4.54. The van der Waals surface area contributed by atoms with Gasteiger partial charge in [0.05, 0.1) is 12.4 Å². The van der Waals surface area contributed by atoms with Crippen molar-refractivity contribution in [2.45, 2.75) is 25.6 Å². The number of rotatable bonds is 10. The predicted molar refractivity (Wildman–Crippen MR) is 128 cm³/mol. The van der Waals surface area contributed by atoms with Crippen molar-refractivity contribution in [3.63, 3.8) is 0 Å². The minimum atomic E-state index is -3.61. The Bertz CT molecular complexity index is 1380. The smallest absolute Gasteiger partial charge is 0.268 e. The maximum Gasteiger partial charge on any atom is 0.268 e. The number of carbonyl (C=O) groups excluding carboxylic acids is 1. The fraction of sp³-hybridized carbons (Fsp3) is 0.217. The van der Waals surface area contributed by atoms with Gasteiger partial charge in [0, 0.05) is 11.5 Å². The molecule has 0 bridgehead atoms. The number of nitrogens with zero attached hydrogens (tertiary/aromatic N) is 3. The van der Waals surface area contributed by atoms with Crippen molar-refractivity contribution < 1.29 is 27.1 Å². The Hall–Kier alpha value is -3.82. The fourth-order valence-electron chi connectivity index (χ4n) is 2.74. The minimum Gasteiger partial charge on any atom is -0.490 e. The molecule has 3 aromatic rings. The molecule has 0 atom stereocenters. The number of hydrogen-bond donors (Lipinski definition) is 1. The first-order chi connectivity index (χ1) is 16.7. The first-order valence-corrected chi connectivity index (χ1v) is 12.8. The van der Waals surface area contributed by atoms with Gasteiger partial charge >= 0.3 is 0 Å². The molecule has 0 saturated heterocycles. The van der Waals surface area contributed by atoms with Crippen LogP contribution in [-0.2, 0) is 21.2 Å². The van der Waals surface area contributed by atoms with Gasteiger partial charge in [-0.25, -0.2) is 12.8 Å². The molecule has 3 rings (SSSR count). The molecule has 1 N–H and O–H groups in total. The van der Waals surface area contributed by atoms with Crippen LogP contribution in [0.3, 0.4) is 0 Å². The van der Waals surface area contributed by atoms with Gasteiger partial charge in [-0.2, -0.15) is 14.6 Å². The highest BCUT2D eigenvalue weighted by molar-refractivity contribution is 7.91. The highest BCUT2D eigenvalue weighted by atomic mass is 32.2. The third kappa shape index (κ3) is 6.84. The summed E-state index contributed by atoms with van der Waals surface area (Å²) in [5, 5.41) is 11.5. The topological polar surface area (TPSA) is 131 Å². The molecule has 1 aromatic heterocycles. The van der Waals surface area contributed by atoms with Gasteiger partial charge in [0.25, 0.3) is 11.1 Å². The van der Waals surface area contributed by atoms with Gasteiger partial charge in [0.15, 0.2) is 11.5 Å². The van der Waals surface area contributed by atoms with E-state index in [1.165, 1.54) is 25.1 Å². The first-order valence-electron chi connectivity index (χ1n) is 10.4. The molecule has 1 heterocycles. The Morgan fingerprint density at radius 3 is 2.57 bits per heavy atom. The van der Waals surface area contributed by atoms with Gasteiger partial charge in [-0.15, -0.1) is 0 Å². The highest BCUT2D eigenvalue weighted by Crippen LogP contribution is 2.30. The SMILES string of the molecule is CCOc1cc(C=C(C#N)C(=O)Nc2nc(S(=O)(=O)CC)ns2)ccc1OCc1ccc(F)cc1. The van der Waals surface area contributed by atoms with Crippen molar-refractivity contribution in [3.05, 3.63) is 65.0 Å². The average molecular weight is 517 g/mol. The molecule has 0 aliphatic carbocycles. The third-order valence-corrected chi connectivity index (χ3v) is 6.78. The van der Waals surface area contributed by atoms with Crippen LogP contribution in [0.25, 0.3) is 6.08 Å². The second-order valence-corrected chi connectivity index (χ2v) is 9.89. The standard InChI is InChI=1S/C23H21FN4O5S2/c1-3-32-20-12-16(7-10-19(20)33-14-15-5-8-18(24)9-6-15)11-17(13-25)21(29)26-22-27-23(28-34-22)35(30,31)4-2/h5-12H,3-4,14H2,1-2H3,(H,26,27,28,29). The largest absolute Gasteiger partial charge is 0.490 e. The summed E-state index contributed by atoms with van der Waals surface area (Å²) in [6.07, 6.45) is 1.35. The first kappa shape index (κ1) is 25.8. The summed E-state index contributed by atoms with van der Waals surface area (Å²) in [7, 11) is -3.61.